The van der Waals surface area contributed by atoms with Crippen LogP contribution in [0.2, 0.25) is 0 Å². The van der Waals surface area contributed by atoms with E-state index in [2.05, 4.69) is 15.5 Å². The van der Waals surface area contributed by atoms with E-state index < -0.39 is 18.1 Å². The van der Waals surface area contributed by atoms with E-state index in [-0.39, 0.29) is 36.9 Å². The number of hydrogen-bond acceptors (Lipinski definition) is 4. The van der Waals surface area contributed by atoms with Crippen LogP contribution >= 0.6 is 0 Å². The summed E-state index contributed by atoms with van der Waals surface area (Å²) in [5, 5.41) is 9.67. The molecule has 4 rings (SSSR count). The molecule has 2 amide bonds. The second-order valence-electron chi connectivity index (χ2n) is 6.86. The van der Waals surface area contributed by atoms with Crippen molar-refractivity contribution in [2.75, 3.05) is 13.1 Å². The van der Waals surface area contributed by atoms with Crippen LogP contribution in [-0.4, -0.2) is 56.8 Å². The molecule has 1 aliphatic heterocycles. The van der Waals surface area contributed by atoms with E-state index in [0.29, 0.717) is 5.69 Å². The zero-order valence-corrected chi connectivity index (χ0v) is 15.3. The van der Waals surface area contributed by atoms with Gasteiger partial charge < -0.3 is 19.2 Å². The van der Waals surface area contributed by atoms with Crippen molar-refractivity contribution in [3.8, 4) is 11.4 Å². The van der Waals surface area contributed by atoms with Gasteiger partial charge in [0, 0.05) is 32.3 Å². The summed E-state index contributed by atoms with van der Waals surface area (Å²) >= 11 is 0. The third-order valence-corrected chi connectivity index (χ3v) is 4.78. The van der Waals surface area contributed by atoms with E-state index in [4.69, 9.17) is 4.42 Å². The predicted molar refractivity (Wildman–Crippen MR) is 98.4 cm³/mol. The van der Waals surface area contributed by atoms with Gasteiger partial charge in [-0.3, -0.25) is 14.7 Å². The maximum Gasteiger partial charge on any atom is 0.289 e. The predicted octanol–water partition coefficient (Wildman–Crippen LogP) is 1.99. The van der Waals surface area contributed by atoms with Gasteiger partial charge in [-0.2, -0.15) is 5.10 Å². The van der Waals surface area contributed by atoms with E-state index in [9.17, 15) is 14.0 Å². The number of halogens is 1. The maximum atomic E-state index is 14.2. The molecule has 146 valence electrons. The van der Waals surface area contributed by atoms with Crippen LogP contribution in [0.1, 0.15) is 27.5 Å². The smallest absolute Gasteiger partial charge is 0.289 e. The van der Waals surface area contributed by atoms with Crippen LogP contribution in [0.4, 0.5) is 4.39 Å². The molecule has 4 heterocycles. The Labute approximate surface area is 160 Å². The van der Waals surface area contributed by atoms with Crippen LogP contribution < -0.4 is 5.32 Å². The molecular formula is C19H20FN5O3. The highest BCUT2D eigenvalue weighted by Crippen LogP contribution is 2.19. The van der Waals surface area contributed by atoms with E-state index >= 15 is 0 Å². The molecule has 2 atom stereocenters. The van der Waals surface area contributed by atoms with Gasteiger partial charge in [-0.05, 0) is 30.3 Å². The number of aromatic amines is 1. The lowest BCUT2D eigenvalue weighted by molar-refractivity contribution is 0.0534. The number of alkyl halides is 1. The van der Waals surface area contributed by atoms with Crippen molar-refractivity contribution in [3.63, 3.8) is 0 Å². The van der Waals surface area contributed by atoms with Crippen molar-refractivity contribution < 1.29 is 18.4 Å². The molecule has 9 heteroatoms. The number of likely N-dealkylation sites (tertiary alicyclic amines) is 1. The first-order valence-corrected chi connectivity index (χ1v) is 8.96. The van der Waals surface area contributed by atoms with E-state index in [1.807, 2.05) is 29.9 Å². The lowest BCUT2D eigenvalue weighted by Gasteiger charge is -2.34. The second kappa shape index (κ2) is 7.34. The molecule has 0 aromatic carbocycles. The monoisotopic (exact) mass is 385 g/mol. The normalized spacial score (nSPS) is 19.6. The fourth-order valence-electron chi connectivity index (χ4n) is 3.42. The summed E-state index contributed by atoms with van der Waals surface area (Å²) in [6.45, 7) is 0.193. The molecular weight excluding hydrogens is 365 g/mol. The summed E-state index contributed by atoms with van der Waals surface area (Å²) in [5.74, 6) is -0.628. The Bertz CT molecular complexity index is 978. The Balaban J connectivity index is 1.43. The van der Waals surface area contributed by atoms with Gasteiger partial charge in [-0.25, -0.2) is 4.39 Å². The number of hydrogen-bond donors (Lipinski definition) is 2. The fraction of sp³-hybridized carbons (Fsp3) is 0.316. The molecule has 1 saturated heterocycles. The first-order valence-electron chi connectivity index (χ1n) is 8.96. The van der Waals surface area contributed by atoms with E-state index in [1.54, 1.807) is 12.1 Å². The summed E-state index contributed by atoms with van der Waals surface area (Å²) in [5.41, 5.74) is 1.78. The van der Waals surface area contributed by atoms with Crippen molar-refractivity contribution in [2.45, 2.75) is 18.6 Å². The van der Waals surface area contributed by atoms with Crippen molar-refractivity contribution in [3.05, 3.63) is 54.2 Å². The van der Waals surface area contributed by atoms with Crippen LogP contribution in [0.5, 0.6) is 0 Å². The molecule has 2 N–H and O–H groups in total. The summed E-state index contributed by atoms with van der Waals surface area (Å²) in [7, 11) is 1.89. The van der Waals surface area contributed by atoms with Gasteiger partial charge in [0.25, 0.3) is 11.8 Å². The molecule has 0 saturated carbocycles. The molecule has 28 heavy (non-hydrogen) atoms. The summed E-state index contributed by atoms with van der Waals surface area (Å²) in [6, 6.07) is 8.06. The Morgan fingerprint density at radius 2 is 2.18 bits per heavy atom. The number of nitrogens with one attached hydrogen (secondary N) is 2. The molecule has 0 unspecified atom stereocenters. The SMILES string of the molecule is Cn1cccc1-c1cc(C(=O)N[C@H]2C[C@@H](F)CN(C(=O)c3ccco3)C2)[nH]n1. The lowest BCUT2D eigenvalue weighted by atomic mass is 10.0. The highest BCUT2D eigenvalue weighted by Gasteiger charge is 2.32. The summed E-state index contributed by atoms with van der Waals surface area (Å²) < 4.78 is 21.2. The topological polar surface area (TPSA) is 96.2 Å². The molecule has 1 aliphatic rings. The minimum atomic E-state index is -1.22. The molecule has 0 radical (unpaired) electrons. The largest absolute Gasteiger partial charge is 0.459 e. The average Bonchev–Trinajstić information content (AvgIpc) is 3.41. The molecule has 3 aromatic heterocycles. The van der Waals surface area contributed by atoms with Crippen LogP contribution in [0.25, 0.3) is 11.4 Å². The molecule has 1 fully saturated rings. The van der Waals surface area contributed by atoms with Crippen LogP contribution in [-0.2, 0) is 7.05 Å². The summed E-state index contributed by atoms with van der Waals surface area (Å²) in [4.78, 5) is 26.3. The van der Waals surface area contributed by atoms with Crippen molar-refractivity contribution in [2.24, 2.45) is 7.05 Å². The molecule has 0 spiro atoms. The Morgan fingerprint density at radius 3 is 2.89 bits per heavy atom. The third kappa shape index (κ3) is 3.55. The first-order chi connectivity index (χ1) is 13.5. The van der Waals surface area contributed by atoms with Crippen molar-refractivity contribution in [1.29, 1.82) is 0 Å². The van der Waals surface area contributed by atoms with Gasteiger partial charge in [0.2, 0.25) is 0 Å². The molecule has 8 nitrogen and oxygen atoms in total. The first kappa shape index (κ1) is 18.0. The standard InChI is InChI=1S/C19H20FN5O3/c1-24-6-2-4-16(24)14-9-15(23-22-14)18(26)21-13-8-12(20)10-25(11-13)19(27)17-5-3-7-28-17/h2-7,9,12-13H,8,10-11H2,1H3,(H,21,26)(H,22,23)/t12-,13+/m1/s1. The quantitative estimate of drug-likeness (QED) is 0.718. The van der Waals surface area contributed by atoms with E-state index in [0.717, 1.165) is 5.69 Å². The van der Waals surface area contributed by atoms with Gasteiger partial charge in [0.15, 0.2) is 5.76 Å². The molecule has 0 aliphatic carbocycles. The van der Waals surface area contributed by atoms with E-state index in [1.165, 1.54) is 17.2 Å². The average molecular weight is 385 g/mol. The number of aromatic nitrogens is 3. The van der Waals surface area contributed by atoms with Crippen LogP contribution in [0, 0.1) is 0 Å². The Morgan fingerprint density at radius 1 is 1.32 bits per heavy atom. The number of furan rings is 1. The van der Waals surface area contributed by atoms with Crippen molar-refractivity contribution in [1.82, 2.24) is 25.0 Å². The fourth-order valence-corrected chi connectivity index (χ4v) is 3.42. The summed E-state index contributed by atoms with van der Waals surface area (Å²) in [6.07, 6.45) is 2.20. The number of nitrogens with zero attached hydrogens (tertiary/aromatic N) is 3. The van der Waals surface area contributed by atoms with Gasteiger partial charge in [0.05, 0.1) is 18.5 Å². The number of carbonyl (C=O) groups excluding carboxylic acids is 2. The third-order valence-electron chi connectivity index (χ3n) is 4.78. The van der Waals surface area contributed by atoms with Gasteiger partial charge in [-0.1, -0.05) is 0 Å². The minimum absolute atomic E-state index is 0.0202. The molecule has 0 bridgehead atoms. The lowest BCUT2D eigenvalue weighted by Crippen LogP contribution is -2.53. The van der Waals surface area contributed by atoms with Crippen LogP contribution in [0.3, 0.4) is 0 Å². The molecule has 3 aromatic rings. The number of H-pyrrole nitrogens is 1. The minimum Gasteiger partial charge on any atom is -0.459 e. The number of amides is 2. The highest BCUT2D eigenvalue weighted by atomic mass is 19.1. The highest BCUT2D eigenvalue weighted by molar-refractivity contribution is 5.94. The Hall–Kier alpha value is -3.36. The van der Waals surface area contributed by atoms with Crippen molar-refractivity contribution >= 4 is 11.8 Å². The zero-order valence-electron chi connectivity index (χ0n) is 15.3. The van der Waals surface area contributed by atoms with Gasteiger partial charge in [-0.15, -0.1) is 0 Å². The maximum absolute atomic E-state index is 14.2. The number of piperidine rings is 1. The number of rotatable bonds is 4. The van der Waals surface area contributed by atoms with Gasteiger partial charge >= 0.3 is 0 Å². The van der Waals surface area contributed by atoms with Gasteiger partial charge in [0.1, 0.15) is 17.6 Å². The Kier molecular flexibility index (Phi) is 4.72. The number of carbonyl (C=O) groups is 2. The number of aryl methyl sites for hydroxylation is 1. The zero-order chi connectivity index (χ0) is 19.7. The second-order valence-corrected chi connectivity index (χ2v) is 6.86. The van der Waals surface area contributed by atoms with Crippen LogP contribution in [0.15, 0.2) is 47.2 Å².